The molecule has 0 rings (SSSR count). The van der Waals surface area contributed by atoms with Crippen LogP contribution < -0.4 is 0 Å². The van der Waals surface area contributed by atoms with Gasteiger partial charge in [-0.3, -0.25) is 0 Å². The van der Waals surface area contributed by atoms with E-state index in [9.17, 15) is 0 Å². The second-order valence-electron chi connectivity index (χ2n) is 1.66. The third-order valence-electron chi connectivity index (χ3n) is 0.927. The Labute approximate surface area is 75.8 Å². The molecule has 1 N–H and O–H groups in total. The van der Waals surface area contributed by atoms with Gasteiger partial charge in [0.25, 0.3) is 0 Å². The summed E-state index contributed by atoms with van der Waals surface area (Å²) in [5.41, 5.74) is 6.76. The Morgan fingerprint density at radius 3 is 2.12 bits per heavy atom. The SMILES string of the molecule is [CH2-]CCCCC[NH-].[U+2]. The van der Waals surface area contributed by atoms with Crippen LogP contribution in [0.15, 0.2) is 0 Å². The van der Waals surface area contributed by atoms with Crippen molar-refractivity contribution in [1.82, 2.24) is 0 Å². The second kappa shape index (κ2) is 10.9. The first-order valence-electron chi connectivity index (χ1n) is 2.85. The predicted octanol–water partition coefficient (Wildman–Crippen LogP) is 2.43. The first-order chi connectivity index (χ1) is 3.41. The molecule has 2 heteroatoms. The average Bonchev–Trinajstić information content (AvgIpc) is 1.69. The van der Waals surface area contributed by atoms with Gasteiger partial charge in [-0.1, -0.05) is 19.3 Å². The molecule has 0 amide bonds. The Morgan fingerprint density at radius 1 is 1.12 bits per heavy atom. The summed E-state index contributed by atoms with van der Waals surface area (Å²) in [5, 5.41) is 0. The summed E-state index contributed by atoms with van der Waals surface area (Å²) in [4.78, 5) is 0. The minimum Gasteiger partial charge on any atom is -0.677 e. The van der Waals surface area contributed by atoms with Gasteiger partial charge in [0.05, 0.1) is 0 Å². The van der Waals surface area contributed by atoms with Gasteiger partial charge in [-0.15, -0.1) is 0 Å². The van der Waals surface area contributed by atoms with E-state index >= 15 is 0 Å². The van der Waals surface area contributed by atoms with Gasteiger partial charge in [0.1, 0.15) is 0 Å². The van der Waals surface area contributed by atoms with Crippen LogP contribution in [-0.4, -0.2) is 6.54 Å². The molecular formula is C6H13NU. The molecule has 0 aromatic heterocycles. The fourth-order valence-electron chi connectivity index (χ4n) is 0.479. The molecule has 0 aliphatic rings. The van der Waals surface area contributed by atoms with E-state index in [4.69, 9.17) is 5.73 Å². The minimum atomic E-state index is 0. The van der Waals surface area contributed by atoms with Gasteiger partial charge in [-0.05, 0) is 0 Å². The smallest absolute Gasteiger partial charge is 0.677 e. The molecule has 0 radical (unpaired) electrons. The van der Waals surface area contributed by atoms with Gasteiger partial charge in [-0.25, -0.2) is 0 Å². The molecule has 0 saturated heterocycles. The zero-order valence-corrected chi connectivity index (χ0v) is 9.41. The van der Waals surface area contributed by atoms with Crippen LogP contribution >= 0.6 is 0 Å². The van der Waals surface area contributed by atoms with E-state index in [2.05, 4.69) is 6.92 Å². The van der Waals surface area contributed by atoms with E-state index in [0.717, 1.165) is 12.8 Å². The maximum absolute atomic E-state index is 6.76. The second-order valence-corrected chi connectivity index (χ2v) is 1.66. The molecule has 0 bridgehead atoms. The number of unbranched alkanes of at least 4 members (excludes halogenated alkanes) is 3. The molecule has 46 valence electrons. The molecule has 8 heavy (non-hydrogen) atoms. The summed E-state index contributed by atoms with van der Waals surface area (Å²) >= 11 is 0. The number of rotatable bonds is 4. The predicted molar refractivity (Wildman–Crippen MR) is 33.0 cm³/mol. The summed E-state index contributed by atoms with van der Waals surface area (Å²) in [5.74, 6) is 0. The summed E-state index contributed by atoms with van der Waals surface area (Å²) in [6, 6.07) is 0. The van der Waals surface area contributed by atoms with Crippen molar-refractivity contribution in [1.29, 1.82) is 0 Å². The van der Waals surface area contributed by atoms with E-state index < -0.39 is 0 Å². The molecule has 0 fully saturated rings. The maximum atomic E-state index is 6.76. The average molecular weight is 337 g/mol. The van der Waals surface area contributed by atoms with Crippen LogP contribution in [0.3, 0.4) is 0 Å². The summed E-state index contributed by atoms with van der Waals surface area (Å²) < 4.78 is 0. The number of hydrogen-bond acceptors (Lipinski definition) is 0. The molecule has 0 unspecified atom stereocenters. The summed E-state index contributed by atoms with van der Waals surface area (Å²) in [6.45, 7) is 4.28. The number of nitrogens with one attached hydrogen (secondary N) is 1. The van der Waals surface area contributed by atoms with Crippen molar-refractivity contribution >= 4 is 0 Å². The van der Waals surface area contributed by atoms with Crippen LogP contribution in [0.25, 0.3) is 5.73 Å². The van der Waals surface area contributed by atoms with Gasteiger partial charge < -0.3 is 12.7 Å². The maximum Gasteiger partial charge on any atom is 2.00 e. The van der Waals surface area contributed by atoms with Crippen LogP contribution in [0, 0.1) is 38.0 Å². The van der Waals surface area contributed by atoms with Crippen molar-refractivity contribution in [2.45, 2.75) is 25.7 Å². The summed E-state index contributed by atoms with van der Waals surface area (Å²) in [7, 11) is 0. The topological polar surface area (TPSA) is 23.8 Å². The van der Waals surface area contributed by atoms with Gasteiger partial charge in [0, 0.05) is 0 Å². The van der Waals surface area contributed by atoms with Gasteiger partial charge in [0.2, 0.25) is 0 Å². The van der Waals surface area contributed by atoms with Crippen molar-refractivity contribution in [2.24, 2.45) is 0 Å². The van der Waals surface area contributed by atoms with Crippen LogP contribution in [0.5, 0.6) is 0 Å². The number of hydrogen-bond donors (Lipinski definition) is 0. The Bertz CT molecular complexity index is 27.7. The largest absolute Gasteiger partial charge is 2.00 e. The van der Waals surface area contributed by atoms with Crippen molar-refractivity contribution in [3.63, 3.8) is 0 Å². The van der Waals surface area contributed by atoms with Gasteiger partial charge >= 0.3 is 31.1 Å². The van der Waals surface area contributed by atoms with E-state index in [1.807, 2.05) is 0 Å². The van der Waals surface area contributed by atoms with Crippen molar-refractivity contribution in [3.05, 3.63) is 12.7 Å². The quantitative estimate of drug-likeness (QED) is 0.556. The van der Waals surface area contributed by atoms with Crippen LogP contribution in [0.2, 0.25) is 0 Å². The van der Waals surface area contributed by atoms with Crippen molar-refractivity contribution < 1.29 is 31.1 Å². The molecule has 0 heterocycles. The molecule has 0 aromatic carbocycles. The molecule has 0 atom stereocenters. The van der Waals surface area contributed by atoms with Crippen LogP contribution in [-0.2, 0) is 0 Å². The first-order valence-corrected chi connectivity index (χ1v) is 2.85. The molecule has 0 saturated carbocycles. The zero-order valence-electron chi connectivity index (χ0n) is 5.24. The Balaban J connectivity index is 0. The summed E-state index contributed by atoms with van der Waals surface area (Å²) in [6.07, 6.45) is 4.46. The Kier molecular flexibility index (Phi) is 16.0. The molecular weight excluding hydrogens is 324 g/mol. The Morgan fingerprint density at radius 2 is 1.75 bits per heavy atom. The van der Waals surface area contributed by atoms with Gasteiger partial charge in [0.15, 0.2) is 0 Å². The normalized spacial score (nSPS) is 8.25. The monoisotopic (exact) mass is 337 g/mol. The molecule has 0 spiro atoms. The van der Waals surface area contributed by atoms with Crippen molar-refractivity contribution in [3.8, 4) is 0 Å². The Hall–Kier alpha value is 1.01. The van der Waals surface area contributed by atoms with Crippen LogP contribution in [0.1, 0.15) is 25.7 Å². The van der Waals surface area contributed by atoms with E-state index in [1.165, 1.54) is 12.8 Å². The van der Waals surface area contributed by atoms with E-state index in [-0.39, 0.29) is 31.1 Å². The molecule has 0 aliphatic heterocycles. The molecule has 1 nitrogen and oxygen atoms in total. The minimum absolute atomic E-state index is 0. The van der Waals surface area contributed by atoms with Crippen molar-refractivity contribution in [2.75, 3.05) is 6.54 Å². The third kappa shape index (κ3) is 10.1. The fourth-order valence-corrected chi connectivity index (χ4v) is 0.479. The molecule has 0 aliphatic carbocycles. The first kappa shape index (κ1) is 11.8. The fraction of sp³-hybridized carbons (Fsp3) is 0.833. The molecule has 0 aromatic rings. The van der Waals surface area contributed by atoms with E-state index in [1.54, 1.807) is 0 Å². The third-order valence-corrected chi connectivity index (χ3v) is 0.927. The zero-order chi connectivity index (χ0) is 5.54. The van der Waals surface area contributed by atoms with E-state index in [0.29, 0.717) is 6.54 Å². The van der Waals surface area contributed by atoms with Crippen LogP contribution in [0.4, 0.5) is 0 Å². The van der Waals surface area contributed by atoms with Gasteiger partial charge in [-0.2, -0.15) is 13.0 Å². The standard InChI is InChI=1S/C6H13N.U/c1-2-3-4-5-6-7;/h7H,1-6H2;/q-2;+2.